The number of benzene rings is 1. The predicted molar refractivity (Wildman–Crippen MR) is 77.5 cm³/mol. The van der Waals surface area contributed by atoms with Gasteiger partial charge in [-0.05, 0) is 24.6 Å². The van der Waals surface area contributed by atoms with Gasteiger partial charge in [-0.1, -0.05) is 12.1 Å². The van der Waals surface area contributed by atoms with E-state index in [1.165, 1.54) is 16.9 Å². The molecule has 0 radical (unpaired) electrons. The number of aryl methyl sites for hydroxylation is 1. The molecule has 6 nitrogen and oxygen atoms in total. The average Bonchev–Trinajstić information content (AvgIpc) is 2.50. The lowest BCUT2D eigenvalue weighted by atomic mass is 10.2. The first-order valence-electron chi connectivity index (χ1n) is 6.52. The van der Waals surface area contributed by atoms with Crippen molar-refractivity contribution in [3.63, 3.8) is 0 Å². The zero-order chi connectivity index (χ0) is 15.1. The number of hydrogen-bond acceptors (Lipinski definition) is 4. The maximum atomic E-state index is 11.8. The first kappa shape index (κ1) is 14.5. The zero-order valence-corrected chi connectivity index (χ0v) is 11.3. The van der Waals surface area contributed by atoms with Gasteiger partial charge in [0.1, 0.15) is 6.07 Å². The molecule has 0 bridgehead atoms. The van der Waals surface area contributed by atoms with Gasteiger partial charge in [0, 0.05) is 25.2 Å². The lowest BCUT2D eigenvalue weighted by Gasteiger charge is -2.07. The summed E-state index contributed by atoms with van der Waals surface area (Å²) in [5.41, 5.74) is 0.736. The van der Waals surface area contributed by atoms with Crippen molar-refractivity contribution in [2.75, 3.05) is 5.32 Å². The Morgan fingerprint density at radius 3 is 2.86 bits per heavy atom. The molecule has 0 saturated carbocycles. The maximum Gasteiger partial charge on any atom is 0.266 e. The van der Waals surface area contributed by atoms with Crippen LogP contribution in [0.2, 0.25) is 0 Å². The summed E-state index contributed by atoms with van der Waals surface area (Å²) in [6.07, 6.45) is 2.28. The molecule has 0 aliphatic heterocycles. The van der Waals surface area contributed by atoms with Crippen LogP contribution in [0.1, 0.15) is 18.4 Å². The Labute approximate surface area is 121 Å². The van der Waals surface area contributed by atoms with E-state index in [2.05, 4.69) is 10.4 Å². The Hall–Kier alpha value is -2.94. The van der Waals surface area contributed by atoms with E-state index in [0.29, 0.717) is 24.2 Å². The molecule has 2 rings (SSSR count). The van der Waals surface area contributed by atoms with Gasteiger partial charge in [-0.15, -0.1) is 0 Å². The molecule has 1 amide bonds. The molecule has 21 heavy (non-hydrogen) atoms. The van der Waals surface area contributed by atoms with E-state index < -0.39 is 0 Å². The number of carbonyl (C=O) groups is 1. The van der Waals surface area contributed by atoms with Crippen molar-refractivity contribution in [2.45, 2.75) is 19.4 Å². The molecule has 2 aromatic rings. The van der Waals surface area contributed by atoms with Crippen molar-refractivity contribution in [1.29, 1.82) is 5.26 Å². The van der Waals surface area contributed by atoms with Crippen molar-refractivity contribution in [2.24, 2.45) is 0 Å². The van der Waals surface area contributed by atoms with Gasteiger partial charge < -0.3 is 5.32 Å². The second kappa shape index (κ2) is 7.01. The summed E-state index contributed by atoms with van der Waals surface area (Å²) in [4.78, 5) is 23.3. The number of nitrogens with one attached hydrogen (secondary N) is 1. The minimum absolute atomic E-state index is 0.187. The normalized spacial score (nSPS) is 9.86. The summed E-state index contributed by atoms with van der Waals surface area (Å²) in [6.45, 7) is 0.382. The minimum Gasteiger partial charge on any atom is -0.325 e. The summed E-state index contributed by atoms with van der Waals surface area (Å²) < 4.78 is 1.32. The van der Waals surface area contributed by atoms with E-state index in [9.17, 15) is 9.59 Å². The highest BCUT2D eigenvalue weighted by molar-refractivity contribution is 5.92. The number of anilines is 1. The van der Waals surface area contributed by atoms with Crippen LogP contribution in [-0.4, -0.2) is 15.7 Å². The van der Waals surface area contributed by atoms with E-state index >= 15 is 0 Å². The number of nitrogens with zero attached hydrogens (tertiary/aromatic N) is 3. The molecule has 0 aliphatic rings. The minimum atomic E-state index is -0.193. The maximum absolute atomic E-state index is 11.8. The molecule has 0 spiro atoms. The third kappa shape index (κ3) is 4.01. The highest BCUT2D eigenvalue weighted by Gasteiger charge is 2.06. The molecule has 1 heterocycles. The molecule has 1 N–H and O–H groups in total. The second-order valence-corrected chi connectivity index (χ2v) is 4.39. The lowest BCUT2D eigenvalue weighted by molar-refractivity contribution is -0.116. The fourth-order valence-corrected chi connectivity index (χ4v) is 1.85. The molecule has 1 aromatic heterocycles. The number of amides is 1. The summed E-state index contributed by atoms with van der Waals surface area (Å²) in [5.74, 6) is -0.193. The monoisotopic (exact) mass is 282 g/mol. The van der Waals surface area contributed by atoms with Crippen molar-refractivity contribution in [1.82, 2.24) is 9.78 Å². The number of hydrogen-bond donors (Lipinski definition) is 1. The summed E-state index contributed by atoms with van der Waals surface area (Å²) in [7, 11) is 0. The quantitative estimate of drug-likeness (QED) is 0.900. The van der Waals surface area contributed by atoms with E-state index in [1.807, 2.05) is 6.07 Å². The van der Waals surface area contributed by atoms with Gasteiger partial charge in [0.15, 0.2) is 0 Å². The van der Waals surface area contributed by atoms with Crippen LogP contribution in [0, 0.1) is 11.3 Å². The Kier molecular flexibility index (Phi) is 4.83. The van der Waals surface area contributed by atoms with Crippen molar-refractivity contribution >= 4 is 11.6 Å². The van der Waals surface area contributed by atoms with E-state index in [-0.39, 0.29) is 17.9 Å². The molecule has 6 heteroatoms. The fourth-order valence-electron chi connectivity index (χ4n) is 1.85. The van der Waals surface area contributed by atoms with Gasteiger partial charge in [-0.25, -0.2) is 4.68 Å². The number of rotatable bonds is 5. The fraction of sp³-hybridized carbons (Fsp3) is 0.200. The third-order valence-electron chi connectivity index (χ3n) is 2.88. The molecule has 106 valence electrons. The Morgan fingerprint density at radius 2 is 2.10 bits per heavy atom. The highest BCUT2D eigenvalue weighted by Crippen LogP contribution is 2.13. The summed E-state index contributed by atoms with van der Waals surface area (Å²) >= 11 is 0. The van der Waals surface area contributed by atoms with Gasteiger partial charge >= 0.3 is 0 Å². The third-order valence-corrected chi connectivity index (χ3v) is 2.88. The van der Waals surface area contributed by atoms with Crippen LogP contribution in [0.25, 0.3) is 0 Å². The predicted octanol–water partition coefficient (Wildman–Crippen LogP) is 1.53. The first-order chi connectivity index (χ1) is 10.2. The molecule has 0 saturated heterocycles. The topological polar surface area (TPSA) is 87.8 Å². The molecule has 0 unspecified atom stereocenters. The van der Waals surface area contributed by atoms with E-state index in [1.54, 1.807) is 30.3 Å². The van der Waals surface area contributed by atoms with Gasteiger partial charge in [0.2, 0.25) is 5.91 Å². The Balaban J connectivity index is 1.87. The molecule has 0 atom stereocenters. The van der Waals surface area contributed by atoms with Gasteiger partial charge in [-0.2, -0.15) is 10.4 Å². The van der Waals surface area contributed by atoms with Crippen LogP contribution in [0.5, 0.6) is 0 Å². The van der Waals surface area contributed by atoms with Crippen LogP contribution in [0.15, 0.2) is 47.4 Å². The molecule has 0 fully saturated rings. The highest BCUT2D eigenvalue weighted by atomic mass is 16.1. The van der Waals surface area contributed by atoms with Crippen LogP contribution in [0.4, 0.5) is 5.69 Å². The van der Waals surface area contributed by atoms with E-state index in [4.69, 9.17) is 5.26 Å². The van der Waals surface area contributed by atoms with Gasteiger partial charge in [-0.3, -0.25) is 9.59 Å². The lowest BCUT2D eigenvalue weighted by Crippen LogP contribution is -2.22. The van der Waals surface area contributed by atoms with E-state index in [0.717, 1.165) is 0 Å². The number of carbonyl (C=O) groups excluding carboxylic acids is 1. The standard InChI is InChI=1S/C15H14N4O2/c16-11-12-5-1-2-6-13(12)18-14(20)7-4-10-19-15(21)8-3-9-17-19/h1-3,5-6,8-9H,4,7,10H2,(H,18,20). The van der Waals surface area contributed by atoms with Crippen LogP contribution in [0.3, 0.4) is 0 Å². The molecule has 0 aliphatic carbocycles. The SMILES string of the molecule is N#Cc1ccccc1NC(=O)CCCn1ncccc1=O. The van der Waals surface area contributed by atoms with Crippen molar-refractivity contribution in [3.05, 3.63) is 58.5 Å². The van der Waals surface area contributed by atoms with Gasteiger partial charge in [0.25, 0.3) is 5.56 Å². The largest absolute Gasteiger partial charge is 0.325 e. The van der Waals surface area contributed by atoms with Crippen molar-refractivity contribution in [3.8, 4) is 6.07 Å². The Bertz CT molecular complexity index is 731. The number of nitriles is 1. The van der Waals surface area contributed by atoms with Crippen LogP contribution >= 0.6 is 0 Å². The van der Waals surface area contributed by atoms with Gasteiger partial charge in [0.05, 0.1) is 11.3 Å². The molecular weight excluding hydrogens is 268 g/mol. The smallest absolute Gasteiger partial charge is 0.266 e. The average molecular weight is 282 g/mol. The zero-order valence-electron chi connectivity index (χ0n) is 11.3. The molecular formula is C15H14N4O2. The number of para-hydroxylation sites is 1. The molecule has 1 aromatic carbocycles. The van der Waals surface area contributed by atoms with Crippen LogP contribution in [-0.2, 0) is 11.3 Å². The Morgan fingerprint density at radius 1 is 1.29 bits per heavy atom. The summed E-state index contributed by atoms with van der Waals surface area (Å²) in [5, 5.41) is 15.5. The van der Waals surface area contributed by atoms with Crippen LogP contribution < -0.4 is 10.9 Å². The first-order valence-corrected chi connectivity index (χ1v) is 6.52. The second-order valence-electron chi connectivity index (χ2n) is 4.39. The number of aromatic nitrogens is 2. The van der Waals surface area contributed by atoms with Crippen molar-refractivity contribution < 1.29 is 4.79 Å². The summed E-state index contributed by atoms with van der Waals surface area (Å²) in [6, 6.07) is 11.8.